The molecule has 2 amide bonds. The fraction of sp³-hybridized carbons (Fsp3) is 0.333. The van der Waals surface area contributed by atoms with E-state index in [0.29, 0.717) is 23.1 Å². The number of halogens is 2. The lowest BCUT2D eigenvalue weighted by Gasteiger charge is -2.09. The first-order chi connectivity index (χ1) is 9.06. The van der Waals surface area contributed by atoms with Gasteiger partial charge in [0.15, 0.2) is 0 Å². The van der Waals surface area contributed by atoms with Crippen LogP contribution < -0.4 is 21.1 Å². The number of carbonyl (C=O) groups excluding carboxylic acids is 2. The Balaban J connectivity index is 0.00000361. The molecular formula is C12H17Cl2N3O3. The molecule has 0 heterocycles. The van der Waals surface area contributed by atoms with Crippen LogP contribution in [0.1, 0.15) is 6.92 Å². The summed E-state index contributed by atoms with van der Waals surface area (Å²) in [4.78, 5) is 22.4. The van der Waals surface area contributed by atoms with Crippen LogP contribution in [0.5, 0.6) is 5.75 Å². The topological polar surface area (TPSA) is 93.5 Å². The lowest BCUT2D eigenvalue weighted by Crippen LogP contribution is -2.36. The molecule has 0 saturated carbocycles. The van der Waals surface area contributed by atoms with Gasteiger partial charge in [-0.3, -0.25) is 9.59 Å². The maximum atomic E-state index is 11.5. The second-order valence-corrected chi connectivity index (χ2v) is 4.01. The van der Waals surface area contributed by atoms with E-state index in [1.54, 1.807) is 18.2 Å². The molecule has 1 aromatic rings. The second kappa shape index (κ2) is 9.41. The number of ether oxygens (including phenoxy) is 1. The van der Waals surface area contributed by atoms with Crippen molar-refractivity contribution in [1.82, 2.24) is 5.32 Å². The van der Waals surface area contributed by atoms with Crippen LogP contribution in [0.25, 0.3) is 0 Å². The minimum atomic E-state index is -0.389. The highest BCUT2D eigenvalue weighted by Gasteiger charge is 2.07. The summed E-state index contributed by atoms with van der Waals surface area (Å²) in [5, 5.41) is 5.37. The van der Waals surface area contributed by atoms with Gasteiger partial charge in [0.2, 0.25) is 11.8 Å². The first-order valence-corrected chi connectivity index (χ1v) is 6.13. The Hall–Kier alpha value is -1.50. The summed E-state index contributed by atoms with van der Waals surface area (Å²) >= 11 is 5.98. The Kier molecular flexibility index (Phi) is 8.71. The van der Waals surface area contributed by atoms with Crippen LogP contribution in [0.2, 0.25) is 5.02 Å². The molecule has 4 N–H and O–H groups in total. The first-order valence-electron chi connectivity index (χ1n) is 5.75. The number of hydrogen-bond donors (Lipinski definition) is 3. The van der Waals surface area contributed by atoms with E-state index < -0.39 is 0 Å². The lowest BCUT2D eigenvalue weighted by atomic mass is 10.3. The average molecular weight is 322 g/mol. The molecule has 0 radical (unpaired) electrons. The van der Waals surface area contributed by atoms with Gasteiger partial charge >= 0.3 is 0 Å². The Morgan fingerprint density at radius 3 is 2.60 bits per heavy atom. The molecule has 112 valence electrons. The highest BCUT2D eigenvalue weighted by atomic mass is 35.5. The number of carbonyl (C=O) groups is 2. The molecule has 1 aromatic carbocycles. The predicted molar refractivity (Wildman–Crippen MR) is 80.6 cm³/mol. The summed E-state index contributed by atoms with van der Waals surface area (Å²) in [5.41, 5.74) is 5.63. The fourth-order valence-corrected chi connectivity index (χ4v) is 1.54. The Morgan fingerprint density at radius 1 is 1.35 bits per heavy atom. The largest absolute Gasteiger partial charge is 0.492 e. The van der Waals surface area contributed by atoms with Gasteiger partial charge in [0.1, 0.15) is 5.75 Å². The van der Waals surface area contributed by atoms with Gasteiger partial charge in [0.25, 0.3) is 0 Å². The molecule has 0 spiro atoms. The van der Waals surface area contributed by atoms with E-state index in [4.69, 9.17) is 22.1 Å². The smallest absolute Gasteiger partial charge is 0.243 e. The molecule has 0 fully saturated rings. The molecule has 0 bridgehead atoms. The van der Waals surface area contributed by atoms with Gasteiger partial charge in [-0.1, -0.05) is 11.6 Å². The minimum Gasteiger partial charge on any atom is -0.492 e. The summed E-state index contributed by atoms with van der Waals surface area (Å²) in [6.45, 7) is 2.08. The molecule has 0 aliphatic heterocycles. The normalized spacial score (nSPS) is 9.35. The van der Waals surface area contributed by atoms with E-state index in [0.717, 1.165) is 0 Å². The minimum absolute atomic E-state index is 0. The summed E-state index contributed by atoms with van der Waals surface area (Å²) in [5.74, 6) is -0.194. The number of amides is 2. The van der Waals surface area contributed by atoms with Crippen molar-refractivity contribution >= 4 is 41.5 Å². The molecule has 0 aromatic heterocycles. The van der Waals surface area contributed by atoms with Gasteiger partial charge in [-0.25, -0.2) is 0 Å². The van der Waals surface area contributed by atoms with Crippen molar-refractivity contribution in [1.29, 1.82) is 0 Å². The SMILES string of the molecule is CCOc1ccc(NC(=O)CNC(=O)CN)cc1Cl.Cl. The highest BCUT2D eigenvalue weighted by Crippen LogP contribution is 2.27. The van der Waals surface area contributed by atoms with E-state index in [9.17, 15) is 9.59 Å². The molecule has 0 aliphatic carbocycles. The second-order valence-electron chi connectivity index (χ2n) is 3.61. The van der Waals surface area contributed by atoms with Crippen molar-refractivity contribution in [3.8, 4) is 5.75 Å². The fourth-order valence-electron chi connectivity index (χ4n) is 1.31. The van der Waals surface area contributed by atoms with Gasteiger partial charge in [-0.15, -0.1) is 12.4 Å². The van der Waals surface area contributed by atoms with Crippen LogP contribution in [0, 0.1) is 0 Å². The molecule has 6 nitrogen and oxygen atoms in total. The predicted octanol–water partition coefficient (Wildman–Crippen LogP) is 1.17. The molecular weight excluding hydrogens is 305 g/mol. The monoisotopic (exact) mass is 321 g/mol. The van der Waals surface area contributed by atoms with Crippen LogP contribution in [0.4, 0.5) is 5.69 Å². The van der Waals surface area contributed by atoms with Gasteiger partial charge < -0.3 is 21.1 Å². The van der Waals surface area contributed by atoms with Crippen molar-refractivity contribution in [2.45, 2.75) is 6.92 Å². The standard InChI is InChI=1S/C12H16ClN3O3.ClH/c1-2-19-10-4-3-8(5-9(10)13)16-12(18)7-15-11(17)6-14;/h3-5H,2,6-7,14H2,1H3,(H,15,17)(H,16,18);1H. The van der Waals surface area contributed by atoms with E-state index in [1.165, 1.54) is 0 Å². The van der Waals surface area contributed by atoms with E-state index >= 15 is 0 Å². The number of hydrogen-bond acceptors (Lipinski definition) is 4. The lowest BCUT2D eigenvalue weighted by molar-refractivity contribution is -0.123. The maximum Gasteiger partial charge on any atom is 0.243 e. The Bertz CT molecular complexity index is 469. The summed E-state index contributed by atoms with van der Waals surface area (Å²) in [6, 6.07) is 4.91. The first kappa shape index (κ1) is 18.5. The number of rotatable bonds is 6. The van der Waals surface area contributed by atoms with Gasteiger partial charge in [0, 0.05) is 5.69 Å². The van der Waals surface area contributed by atoms with Gasteiger partial charge in [0.05, 0.1) is 24.7 Å². The number of nitrogens with two attached hydrogens (primary N) is 1. The van der Waals surface area contributed by atoms with Crippen molar-refractivity contribution in [3.63, 3.8) is 0 Å². The highest BCUT2D eigenvalue weighted by molar-refractivity contribution is 6.32. The number of benzene rings is 1. The van der Waals surface area contributed by atoms with Crippen molar-refractivity contribution < 1.29 is 14.3 Å². The number of anilines is 1. The van der Waals surface area contributed by atoms with Crippen LogP contribution >= 0.6 is 24.0 Å². The third-order valence-electron chi connectivity index (χ3n) is 2.15. The molecule has 8 heteroatoms. The Morgan fingerprint density at radius 2 is 2.05 bits per heavy atom. The molecule has 0 atom stereocenters. The zero-order chi connectivity index (χ0) is 14.3. The van der Waals surface area contributed by atoms with E-state index in [2.05, 4.69) is 10.6 Å². The molecule has 1 rings (SSSR count). The summed E-state index contributed by atoms with van der Waals surface area (Å²) < 4.78 is 5.27. The van der Waals surface area contributed by atoms with Crippen molar-refractivity contribution in [3.05, 3.63) is 23.2 Å². The number of nitrogens with one attached hydrogen (secondary N) is 2. The van der Waals surface area contributed by atoms with Crippen LogP contribution in [0.15, 0.2) is 18.2 Å². The Labute approximate surface area is 128 Å². The summed E-state index contributed by atoms with van der Waals surface area (Å²) in [6.07, 6.45) is 0. The zero-order valence-electron chi connectivity index (χ0n) is 10.9. The molecule has 20 heavy (non-hydrogen) atoms. The third-order valence-corrected chi connectivity index (χ3v) is 2.44. The molecule has 0 saturated heterocycles. The molecule has 0 unspecified atom stereocenters. The zero-order valence-corrected chi connectivity index (χ0v) is 12.5. The van der Waals surface area contributed by atoms with Crippen molar-refractivity contribution in [2.75, 3.05) is 25.0 Å². The quantitative estimate of drug-likeness (QED) is 0.733. The summed E-state index contributed by atoms with van der Waals surface area (Å²) in [7, 11) is 0. The van der Waals surface area contributed by atoms with Crippen molar-refractivity contribution in [2.24, 2.45) is 5.73 Å². The van der Waals surface area contributed by atoms with Gasteiger partial charge in [-0.2, -0.15) is 0 Å². The van der Waals surface area contributed by atoms with Crippen LogP contribution in [-0.2, 0) is 9.59 Å². The molecule has 0 aliphatic rings. The van der Waals surface area contributed by atoms with Gasteiger partial charge in [-0.05, 0) is 25.1 Å². The van der Waals surface area contributed by atoms with Crippen LogP contribution in [-0.4, -0.2) is 31.5 Å². The van der Waals surface area contributed by atoms with Crippen LogP contribution in [0.3, 0.4) is 0 Å². The van der Waals surface area contributed by atoms with E-state index in [1.807, 2.05) is 6.92 Å². The average Bonchev–Trinajstić information content (AvgIpc) is 2.39. The third kappa shape index (κ3) is 6.10. The van der Waals surface area contributed by atoms with E-state index in [-0.39, 0.29) is 37.3 Å². The maximum absolute atomic E-state index is 11.5.